The summed E-state index contributed by atoms with van der Waals surface area (Å²) in [6.45, 7) is 2.05. The fourth-order valence-corrected chi connectivity index (χ4v) is 3.78. The Kier molecular flexibility index (Phi) is 4.35. The first-order valence-electron chi connectivity index (χ1n) is 10.1. The van der Waals surface area contributed by atoms with E-state index >= 15 is 0 Å². The molecule has 0 unspecified atom stereocenters. The van der Waals surface area contributed by atoms with Gasteiger partial charge in [-0.1, -0.05) is 6.07 Å². The van der Waals surface area contributed by atoms with Gasteiger partial charge in [-0.2, -0.15) is 9.61 Å². The monoisotopic (exact) mass is 391 g/mol. The molecule has 8 nitrogen and oxygen atoms in total. The molecule has 0 radical (unpaired) electrons. The summed E-state index contributed by atoms with van der Waals surface area (Å²) in [6, 6.07) is 8.65. The Balaban J connectivity index is 1.48. The third kappa shape index (κ3) is 3.51. The summed E-state index contributed by atoms with van der Waals surface area (Å²) in [6.07, 6.45) is 4.75. The Hall–Kier alpha value is -3.13. The lowest BCUT2D eigenvalue weighted by atomic mass is 9.99. The number of aromatic nitrogens is 3. The molecule has 2 aliphatic rings. The lowest BCUT2D eigenvalue weighted by Gasteiger charge is -2.25. The molecule has 1 aliphatic heterocycles. The molecular formula is C21H25N7O. The van der Waals surface area contributed by atoms with Crippen LogP contribution >= 0.6 is 0 Å². The van der Waals surface area contributed by atoms with Crippen LogP contribution < -0.4 is 16.0 Å². The summed E-state index contributed by atoms with van der Waals surface area (Å²) in [5.41, 5.74) is 4.76. The number of amides is 1. The molecule has 0 atom stereocenters. The van der Waals surface area contributed by atoms with E-state index in [4.69, 9.17) is 4.98 Å². The molecular weight excluding hydrogens is 366 g/mol. The second-order valence-electron chi connectivity index (χ2n) is 7.91. The predicted octanol–water partition coefficient (Wildman–Crippen LogP) is 2.39. The highest BCUT2D eigenvalue weighted by molar-refractivity contribution is 6.00. The zero-order chi connectivity index (χ0) is 20.0. The summed E-state index contributed by atoms with van der Waals surface area (Å²) < 4.78 is 1.66. The Morgan fingerprint density at radius 3 is 2.86 bits per heavy atom. The number of nitrogens with zero attached hydrogens (tertiary/aromatic N) is 4. The van der Waals surface area contributed by atoms with E-state index in [1.165, 1.54) is 11.1 Å². The SMILES string of the molecule is CNc1cc(Nc2ccc3c(c2)CN(C)CC3)nc2c(C(=O)NC3CC3)cnn12. The van der Waals surface area contributed by atoms with Crippen molar-refractivity contribution in [2.24, 2.45) is 0 Å². The zero-order valence-electron chi connectivity index (χ0n) is 16.7. The Bertz CT molecular complexity index is 1090. The van der Waals surface area contributed by atoms with Crippen LogP contribution in [0.15, 0.2) is 30.5 Å². The number of hydrogen-bond acceptors (Lipinski definition) is 6. The van der Waals surface area contributed by atoms with Gasteiger partial charge in [0.1, 0.15) is 17.2 Å². The van der Waals surface area contributed by atoms with Crippen LogP contribution in [0.4, 0.5) is 17.3 Å². The van der Waals surface area contributed by atoms with Gasteiger partial charge in [0.15, 0.2) is 5.65 Å². The zero-order valence-corrected chi connectivity index (χ0v) is 16.7. The molecule has 1 amide bonds. The highest BCUT2D eigenvalue weighted by Crippen LogP contribution is 2.26. The molecule has 3 N–H and O–H groups in total. The van der Waals surface area contributed by atoms with E-state index in [2.05, 4.69) is 51.2 Å². The quantitative estimate of drug-likeness (QED) is 0.619. The second-order valence-corrected chi connectivity index (χ2v) is 7.91. The number of anilines is 3. The van der Waals surface area contributed by atoms with E-state index in [1.54, 1.807) is 10.7 Å². The largest absolute Gasteiger partial charge is 0.373 e. The molecule has 1 fully saturated rings. The minimum atomic E-state index is -0.119. The average molecular weight is 391 g/mol. The molecule has 150 valence electrons. The molecule has 5 rings (SSSR count). The summed E-state index contributed by atoms with van der Waals surface area (Å²) in [7, 11) is 3.98. The topological polar surface area (TPSA) is 86.6 Å². The van der Waals surface area contributed by atoms with Crippen LogP contribution in [0.2, 0.25) is 0 Å². The predicted molar refractivity (Wildman–Crippen MR) is 113 cm³/mol. The number of rotatable bonds is 5. The Labute approximate surface area is 169 Å². The number of fused-ring (bicyclic) bond motifs is 2. The lowest BCUT2D eigenvalue weighted by Crippen LogP contribution is -2.26. The summed E-state index contributed by atoms with van der Waals surface area (Å²) >= 11 is 0. The van der Waals surface area contributed by atoms with Crippen molar-refractivity contribution in [2.75, 3.05) is 31.3 Å². The van der Waals surface area contributed by atoms with Crippen molar-refractivity contribution in [1.29, 1.82) is 0 Å². The molecule has 1 aromatic carbocycles. The first kappa shape index (κ1) is 17.9. The molecule has 0 saturated heterocycles. The number of hydrogen-bond donors (Lipinski definition) is 3. The molecule has 3 heterocycles. The molecule has 0 spiro atoms. The third-order valence-corrected chi connectivity index (χ3v) is 5.57. The van der Waals surface area contributed by atoms with Crippen LogP contribution in [0.1, 0.15) is 34.3 Å². The first-order chi connectivity index (χ1) is 14.1. The minimum absolute atomic E-state index is 0.119. The van der Waals surface area contributed by atoms with Crippen molar-refractivity contribution in [1.82, 2.24) is 24.8 Å². The van der Waals surface area contributed by atoms with Crippen LogP contribution in [-0.4, -0.2) is 52.1 Å². The van der Waals surface area contributed by atoms with E-state index in [0.717, 1.165) is 43.9 Å². The van der Waals surface area contributed by atoms with Crippen molar-refractivity contribution in [3.63, 3.8) is 0 Å². The van der Waals surface area contributed by atoms with Gasteiger partial charge in [0, 0.05) is 37.9 Å². The molecule has 1 aliphatic carbocycles. The van der Waals surface area contributed by atoms with E-state index in [9.17, 15) is 4.79 Å². The minimum Gasteiger partial charge on any atom is -0.373 e. The van der Waals surface area contributed by atoms with Gasteiger partial charge in [0.2, 0.25) is 0 Å². The van der Waals surface area contributed by atoms with Gasteiger partial charge in [0.25, 0.3) is 5.91 Å². The van der Waals surface area contributed by atoms with E-state index < -0.39 is 0 Å². The number of carbonyl (C=O) groups excluding carboxylic acids is 1. The second kappa shape index (κ2) is 7.04. The van der Waals surface area contributed by atoms with Gasteiger partial charge >= 0.3 is 0 Å². The van der Waals surface area contributed by atoms with Crippen molar-refractivity contribution >= 4 is 28.9 Å². The lowest BCUT2D eigenvalue weighted by molar-refractivity contribution is 0.0952. The summed E-state index contributed by atoms with van der Waals surface area (Å²) in [4.78, 5) is 19.6. The van der Waals surface area contributed by atoms with Gasteiger partial charge in [-0.3, -0.25) is 4.79 Å². The molecule has 0 bridgehead atoms. The van der Waals surface area contributed by atoms with Crippen molar-refractivity contribution in [3.8, 4) is 0 Å². The average Bonchev–Trinajstić information content (AvgIpc) is 3.42. The summed E-state index contributed by atoms with van der Waals surface area (Å²) in [5, 5.41) is 13.9. The number of likely N-dealkylation sites (N-methyl/N-ethyl adjacent to an activating group) is 1. The highest BCUT2D eigenvalue weighted by atomic mass is 16.1. The van der Waals surface area contributed by atoms with Crippen LogP contribution in [0.5, 0.6) is 0 Å². The van der Waals surface area contributed by atoms with E-state index in [1.807, 2.05) is 13.1 Å². The van der Waals surface area contributed by atoms with Gasteiger partial charge in [-0.25, -0.2) is 4.98 Å². The van der Waals surface area contributed by atoms with E-state index in [-0.39, 0.29) is 11.9 Å². The van der Waals surface area contributed by atoms with Gasteiger partial charge in [-0.05, 0) is 49.6 Å². The Morgan fingerprint density at radius 2 is 2.07 bits per heavy atom. The van der Waals surface area contributed by atoms with Crippen molar-refractivity contribution < 1.29 is 4.79 Å². The van der Waals surface area contributed by atoms with Gasteiger partial charge in [0.05, 0.1) is 6.20 Å². The van der Waals surface area contributed by atoms with Crippen LogP contribution in [0.3, 0.4) is 0 Å². The van der Waals surface area contributed by atoms with Crippen LogP contribution in [-0.2, 0) is 13.0 Å². The smallest absolute Gasteiger partial charge is 0.256 e. The standard InChI is InChI=1S/C21H25N7O/c1-22-19-10-18(24-16-4-3-13-7-8-27(2)12-14(13)9-16)26-20-17(11-23-28(19)20)21(29)25-15-5-6-15/h3-4,9-11,15,22H,5-8,12H2,1-2H3,(H,24,26)(H,25,29). The fraction of sp³-hybridized carbons (Fsp3) is 0.381. The molecule has 1 saturated carbocycles. The normalized spacial score (nSPS) is 16.5. The van der Waals surface area contributed by atoms with Crippen LogP contribution in [0.25, 0.3) is 5.65 Å². The van der Waals surface area contributed by atoms with Crippen LogP contribution in [0, 0.1) is 0 Å². The maximum atomic E-state index is 12.6. The first-order valence-corrected chi connectivity index (χ1v) is 10.1. The number of benzene rings is 1. The molecule has 29 heavy (non-hydrogen) atoms. The van der Waals surface area contributed by atoms with Crippen molar-refractivity contribution in [3.05, 3.63) is 47.2 Å². The number of nitrogens with one attached hydrogen (secondary N) is 3. The Morgan fingerprint density at radius 1 is 1.21 bits per heavy atom. The third-order valence-electron chi connectivity index (χ3n) is 5.57. The fourth-order valence-electron chi connectivity index (χ4n) is 3.78. The maximum absolute atomic E-state index is 12.6. The number of carbonyl (C=O) groups is 1. The summed E-state index contributed by atoms with van der Waals surface area (Å²) in [5.74, 6) is 1.32. The van der Waals surface area contributed by atoms with Crippen molar-refractivity contribution in [2.45, 2.75) is 31.8 Å². The van der Waals surface area contributed by atoms with Gasteiger partial charge < -0.3 is 20.9 Å². The highest BCUT2D eigenvalue weighted by Gasteiger charge is 2.26. The molecule has 2 aromatic heterocycles. The van der Waals surface area contributed by atoms with E-state index in [0.29, 0.717) is 17.0 Å². The molecule has 8 heteroatoms. The van der Waals surface area contributed by atoms with Gasteiger partial charge in [-0.15, -0.1) is 0 Å². The molecule has 3 aromatic rings. The maximum Gasteiger partial charge on any atom is 0.256 e.